The summed E-state index contributed by atoms with van der Waals surface area (Å²) >= 11 is 1.90. The topological polar surface area (TPSA) is 41.1 Å². The largest absolute Gasteiger partial charge is 0.335 e. The number of amides is 2. The fourth-order valence-electron chi connectivity index (χ4n) is 1.59. The number of urea groups is 1. The molecule has 2 amide bonds. The van der Waals surface area contributed by atoms with Crippen LogP contribution in [0, 0.1) is 0 Å². The second-order valence-electron chi connectivity index (χ2n) is 3.81. The van der Waals surface area contributed by atoms with E-state index in [0.29, 0.717) is 6.04 Å². The van der Waals surface area contributed by atoms with Crippen LogP contribution in [0.3, 0.4) is 0 Å². The van der Waals surface area contributed by atoms with Gasteiger partial charge in [-0.05, 0) is 25.0 Å². The predicted octanol–water partition coefficient (Wildman–Crippen LogP) is 2.15. The van der Waals surface area contributed by atoms with Crippen LogP contribution in [0.15, 0.2) is 12.7 Å². The molecule has 1 heterocycles. The van der Waals surface area contributed by atoms with Gasteiger partial charge in [0.2, 0.25) is 0 Å². The Balaban J connectivity index is 2.23. The third kappa shape index (κ3) is 4.60. The Morgan fingerprint density at radius 3 is 3.07 bits per heavy atom. The molecule has 0 aromatic heterocycles. The summed E-state index contributed by atoms with van der Waals surface area (Å²) in [6, 6.07) is 0.545. The van der Waals surface area contributed by atoms with Crippen molar-refractivity contribution in [1.82, 2.24) is 10.6 Å². The Labute approximate surface area is 96.1 Å². The summed E-state index contributed by atoms with van der Waals surface area (Å²) in [5, 5.41) is 5.96. The number of hydrogen-bond donors (Lipinski definition) is 2. The molecule has 86 valence electrons. The molecule has 0 spiro atoms. The molecule has 0 saturated carbocycles. The highest BCUT2D eigenvalue weighted by Crippen LogP contribution is 2.16. The summed E-state index contributed by atoms with van der Waals surface area (Å²) in [5.41, 5.74) is 0. The van der Waals surface area contributed by atoms with Crippen molar-refractivity contribution < 1.29 is 4.79 Å². The van der Waals surface area contributed by atoms with Crippen molar-refractivity contribution in [2.45, 2.75) is 38.3 Å². The van der Waals surface area contributed by atoms with Crippen molar-refractivity contribution in [1.29, 1.82) is 0 Å². The quantitative estimate of drug-likeness (QED) is 0.708. The molecule has 0 aromatic carbocycles. The molecule has 0 aromatic rings. The van der Waals surface area contributed by atoms with E-state index in [-0.39, 0.29) is 12.1 Å². The van der Waals surface area contributed by atoms with Crippen molar-refractivity contribution in [3.63, 3.8) is 0 Å². The normalized spacial score (nSPS) is 22.1. The van der Waals surface area contributed by atoms with Crippen LogP contribution in [0.25, 0.3) is 0 Å². The van der Waals surface area contributed by atoms with Crippen LogP contribution in [0.4, 0.5) is 4.79 Å². The lowest BCUT2D eigenvalue weighted by Crippen LogP contribution is -2.46. The second kappa shape index (κ2) is 6.77. The first kappa shape index (κ1) is 12.4. The van der Waals surface area contributed by atoms with E-state index in [2.05, 4.69) is 24.1 Å². The van der Waals surface area contributed by atoms with E-state index in [9.17, 15) is 4.79 Å². The number of carbonyl (C=O) groups excluding carboxylic acids is 1. The highest BCUT2D eigenvalue weighted by molar-refractivity contribution is 7.99. The first-order valence-electron chi connectivity index (χ1n) is 5.52. The van der Waals surface area contributed by atoms with Gasteiger partial charge in [0.25, 0.3) is 0 Å². The number of carbonyl (C=O) groups is 1. The lowest BCUT2D eigenvalue weighted by Gasteiger charge is -2.18. The van der Waals surface area contributed by atoms with Gasteiger partial charge in [0.1, 0.15) is 0 Å². The first-order valence-corrected chi connectivity index (χ1v) is 6.67. The molecule has 1 aliphatic rings. The molecule has 1 saturated heterocycles. The molecule has 0 aliphatic carbocycles. The summed E-state index contributed by atoms with van der Waals surface area (Å²) in [6.45, 7) is 5.75. The van der Waals surface area contributed by atoms with Gasteiger partial charge in [-0.3, -0.25) is 0 Å². The Hall–Kier alpha value is -0.640. The average molecular weight is 228 g/mol. The van der Waals surface area contributed by atoms with Crippen molar-refractivity contribution in [3.8, 4) is 0 Å². The van der Waals surface area contributed by atoms with E-state index < -0.39 is 0 Å². The number of hydrogen-bond acceptors (Lipinski definition) is 2. The molecule has 1 rings (SSSR count). The highest BCUT2D eigenvalue weighted by Gasteiger charge is 2.18. The molecule has 1 fully saturated rings. The predicted molar refractivity (Wildman–Crippen MR) is 66.3 cm³/mol. The maximum Gasteiger partial charge on any atom is 0.315 e. The Morgan fingerprint density at radius 1 is 1.73 bits per heavy atom. The van der Waals surface area contributed by atoms with Crippen LogP contribution in [0.2, 0.25) is 0 Å². The zero-order chi connectivity index (χ0) is 11.1. The van der Waals surface area contributed by atoms with E-state index in [1.807, 2.05) is 17.8 Å². The summed E-state index contributed by atoms with van der Waals surface area (Å²) in [7, 11) is 0. The molecular formula is C11H20N2OS. The monoisotopic (exact) mass is 228 g/mol. The van der Waals surface area contributed by atoms with Gasteiger partial charge in [-0.2, -0.15) is 11.8 Å². The third-order valence-corrected chi connectivity index (χ3v) is 3.71. The van der Waals surface area contributed by atoms with Crippen molar-refractivity contribution in [2.75, 3.05) is 11.5 Å². The standard InChI is InChI=1S/C11H20N2OS/c1-3-5-9(4-2)12-11(14)13-10-6-7-15-8-10/h3,9-10H,1,4-8H2,2H3,(H2,12,13,14)/t9-,10-/m0/s1. The van der Waals surface area contributed by atoms with Gasteiger partial charge in [-0.25, -0.2) is 4.79 Å². The van der Waals surface area contributed by atoms with Gasteiger partial charge in [0.05, 0.1) is 0 Å². The lowest BCUT2D eigenvalue weighted by molar-refractivity contribution is 0.233. The first-order chi connectivity index (χ1) is 7.26. The summed E-state index contributed by atoms with van der Waals surface area (Å²) in [4.78, 5) is 11.6. The number of nitrogens with one attached hydrogen (secondary N) is 2. The molecule has 2 atom stereocenters. The molecule has 1 aliphatic heterocycles. The van der Waals surface area contributed by atoms with Crippen LogP contribution in [-0.4, -0.2) is 29.6 Å². The van der Waals surface area contributed by atoms with Crippen molar-refractivity contribution >= 4 is 17.8 Å². The van der Waals surface area contributed by atoms with E-state index in [0.717, 1.165) is 30.8 Å². The number of thioether (sulfide) groups is 1. The van der Waals surface area contributed by atoms with E-state index >= 15 is 0 Å². The molecule has 3 nitrogen and oxygen atoms in total. The lowest BCUT2D eigenvalue weighted by atomic mass is 10.1. The second-order valence-corrected chi connectivity index (χ2v) is 4.96. The molecule has 0 unspecified atom stereocenters. The third-order valence-electron chi connectivity index (χ3n) is 2.54. The fourth-order valence-corrected chi connectivity index (χ4v) is 2.74. The van der Waals surface area contributed by atoms with Crippen LogP contribution >= 0.6 is 11.8 Å². The molecule has 0 bridgehead atoms. The maximum absolute atomic E-state index is 11.6. The minimum Gasteiger partial charge on any atom is -0.335 e. The van der Waals surface area contributed by atoms with Gasteiger partial charge < -0.3 is 10.6 Å². The Kier molecular flexibility index (Phi) is 5.61. The molecule has 15 heavy (non-hydrogen) atoms. The number of rotatable bonds is 5. The smallest absolute Gasteiger partial charge is 0.315 e. The Morgan fingerprint density at radius 2 is 2.53 bits per heavy atom. The van der Waals surface area contributed by atoms with Crippen LogP contribution < -0.4 is 10.6 Å². The van der Waals surface area contributed by atoms with E-state index in [1.54, 1.807) is 0 Å². The molecule has 2 N–H and O–H groups in total. The summed E-state index contributed by atoms with van der Waals surface area (Å²) < 4.78 is 0. The highest BCUT2D eigenvalue weighted by atomic mass is 32.2. The zero-order valence-corrected chi connectivity index (χ0v) is 10.1. The minimum absolute atomic E-state index is 0.0313. The van der Waals surface area contributed by atoms with Gasteiger partial charge in [0, 0.05) is 17.8 Å². The van der Waals surface area contributed by atoms with Crippen molar-refractivity contribution in [3.05, 3.63) is 12.7 Å². The Bertz CT molecular complexity index is 215. The minimum atomic E-state index is -0.0313. The zero-order valence-electron chi connectivity index (χ0n) is 9.29. The fraction of sp³-hybridized carbons (Fsp3) is 0.727. The van der Waals surface area contributed by atoms with Gasteiger partial charge in [-0.1, -0.05) is 13.0 Å². The van der Waals surface area contributed by atoms with Gasteiger partial charge >= 0.3 is 6.03 Å². The van der Waals surface area contributed by atoms with Crippen LogP contribution in [-0.2, 0) is 0 Å². The van der Waals surface area contributed by atoms with Crippen molar-refractivity contribution in [2.24, 2.45) is 0 Å². The van der Waals surface area contributed by atoms with E-state index in [1.165, 1.54) is 0 Å². The van der Waals surface area contributed by atoms with Crippen LogP contribution in [0.1, 0.15) is 26.2 Å². The maximum atomic E-state index is 11.6. The van der Waals surface area contributed by atoms with Gasteiger partial charge in [0.15, 0.2) is 0 Å². The molecule has 4 heteroatoms. The molecule has 0 radical (unpaired) electrons. The van der Waals surface area contributed by atoms with Gasteiger partial charge in [-0.15, -0.1) is 6.58 Å². The summed E-state index contributed by atoms with van der Waals surface area (Å²) in [6.07, 6.45) is 4.72. The average Bonchev–Trinajstić information content (AvgIpc) is 2.69. The summed E-state index contributed by atoms with van der Waals surface area (Å²) in [5.74, 6) is 2.21. The van der Waals surface area contributed by atoms with Crippen LogP contribution in [0.5, 0.6) is 0 Å². The van der Waals surface area contributed by atoms with E-state index in [4.69, 9.17) is 0 Å². The SMILES string of the molecule is C=CC[C@H](CC)NC(=O)N[C@H]1CCSC1. The molecular weight excluding hydrogens is 208 g/mol.